The molecular formula is C15H9F4NOS. The highest BCUT2D eigenvalue weighted by atomic mass is 32.2. The van der Waals surface area contributed by atoms with E-state index in [1.54, 1.807) is 30.3 Å². The molecule has 1 aliphatic rings. The number of hydrogen-bond donors (Lipinski definition) is 0. The van der Waals surface area contributed by atoms with Crippen LogP contribution < -0.4 is 4.90 Å². The predicted octanol–water partition coefficient (Wildman–Crippen LogP) is 4.85. The van der Waals surface area contributed by atoms with Crippen LogP contribution in [0.15, 0.2) is 52.3 Å². The number of para-hydroxylation sites is 2. The lowest BCUT2D eigenvalue weighted by Gasteiger charge is -2.32. The topological polar surface area (TPSA) is 20.3 Å². The van der Waals surface area contributed by atoms with E-state index in [-0.39, 0.29) is 16.9 Å². The van der Waals surface area contributed by atoms with Crippen LogP contribution in [0.25, 0.3) is 0 Å². The summed E-state index contributed by atoms with van der Waals surface area (Å²) < 4.78 is 52.1. The van der Waals surface area contributed by atoms with Crippen LogP contribution >= 0.6 is 11.8 Å². The first-order chi connectivity index (χ1) is 10.4. The number of halogens is 4. The van der Waals surface area contributed by atoms with Gasteiger partial charge in [-0.15, -0.1) is 0 Å². The summed E-state index contributed by atoms with van der Waals surface area (Å²) in [5.74, 6) is -2.03. The first-order valence-electron chi connectivity index (χ1n) is 6.29. The van der Waals surface area contributed by atoms with Gasteiger partial charge in [-0.1, -0.05) is 36.0 Å². The molecular weight excluding hydrogens is 318 g/mol. The Morgan fingerprint density at radius 1 is 1.05 bits per heavy atom. The van der Waals surface area contributed by atoms with Gasteiger partial charge in [-0.2, -0.15) is 13.2 Å². The molecule has 0 saturated heterocycles. The van der Waals surface area contributed by atoms with E-state index < -0.39 is 18.8 Å². The lowest BCUT2D eigenvalue weighted by molar-refractivity contribution is -0.169. The van der Waals surface area contributed by atoms with Crippen molar-refractivity contribution in [2.24, 2.45) is 0 Å². The number of nitrogens with zero attached hydrogens (tertiary/aromatic N) is 1. The summed E-state index contributed by atoms with van der Waals surface area (Å²) in [6.07, 6.45) is -5.05. The Balaban J connectivity index is 2.26. The molecule has 0 spiro atoms. The monoisotopic (exact) mass is 327 g/mol. The molecule has 0 radical (unpaired) electrons. The van der Waals surface area contributed by atoms with Crippen LogP contribution in [0.4, 0.5) is 28.9 Å². The zero-order chi connectivity index (χ0) is 15.9. The summed E-state index contributed by atoms with van der Waals surface area (Å²) in [5, 5.41) is 0. The normalized spacial score (nSPS) is 13.5. The average molecular weight is 327 g/mol. The summed E-state index contributed by atoms with van der Waals surface area (Å²) in [6.45, 7) is -0.951. The van der Waals surface area contributed by atoms with Crippen molar-refractivity contribution in [1.29, 1.82) is 0 Å². The van der Waals surface area contributed by atoms with E-state index in [2.05, 4.69) is 0 Å². The average Bonchev–Trinajstić information content (AvgIpc) is 2.50. The third-order valence-electron chi connectivity index (χ3n) is 3.22. The largest absolute Gasteiger partial charge is 0.472 e. The van der Waals surface area contributed by atoms with Gasteiger partial charge in [0, 0.05) is 15.4 Å². The van der Waals surface area contributed by atoms with E-state index in [4.69, 9.17) is 0 Å². The van der Waals surface area contributed by atoms with Gasteiger partial charge in [0.2, 0.25) is 0 Å². The molecule has 114 valence electrons. The molecule has 7 heteroatoms. The van der Waals surface area contributed by atoms with Crippen LogP contribution in [0.3, 0.4) is 0 Å². The van der Waals surface area contributed by atoms with Gasteiger partial charge >= 0.3 is 12.1 Å². The van der Waals surface area contributed by atoms with Crippen molar-refractivity contribution in [1.82, 2.24) is 0 Å². The maximum absolute atomic E-state index is 13.2. The third kappa shape index (κ3) is 2.35. The number of anilines is 2. The van der Waals surface area contributed by atoms with Gasteiger partial charge < -0.3 is 0 Å². The summed E-state index contributed by atoms with van der Waals surface area (Å²) >= 11 is 1.22. The number of carbonyl (C=O) groups is 1. The summed E-state index contributed by atoms with van der Waals surface area (Å²) in [5.41, 5.74) is 0.136. The second-order valence-corrected chi connectivity index (χ2v) is 5.69. The Morgan fingerprint density at radius 3 is 2.41 bits per heavy atom. The molecule has 0 aromatic heterocycles. The van der Waals surface area contributed by atoms with E-state index in [9.17, 15) is 22.4 Å². The van der Waals surface area contributed by atoms with Gasteiger partial charge in [-0.05, 0) is 18.2 Å². The number of fused-ring (bicyclic) bond motifs is 2. The lowest BCUT2D eigenvalue weighted by atomic mass is 10.1. The Kier molecular flexibility index (Phi) is 3.60. The van der Waals surface area contributed by atoms with E-state index in [1.165, 1.54) is 23.9 Å². The van der Waals surface area contributed by atoms with Gasteiger partial charge in [0.25, 0.3) is 0 Å². The molecule has 1 heterocycles. The molecule has 22 heavy (non-hydrogen) atoms. The molecule has 2 nitrogen and oxygen atoms in total. The standard InChI is InChI=1S/C15H9F4NOS/c16-8-9-4-3-7-12-13(9)20(14(21)15(17,18)19)10-5-1-2-6-11(10)22-12/h1-7H,8H2. The molecule has 0 saturated carbocycles. The third-order valence-corrected chi connectivity index (χ3v) is 4.34. The number of rotatable bonds is 1. The van der Waals surface area contributed by atoms with Crippen LogP contribution in [0.5, 0.6) is 0 Å². The van der Waals surface area contributed by atoms with Crippen molar-refractivity contribution in [2.75, 3.05) is 4.90 Å². The highest BCUT2D eigenvalue weighted by molar-refractivity contribution is 7.99. The fourth-order valence-corrected chi connectivity index (χ4v) is 3.43. The molecule has 2 aromatic carbocycles. The number of amides is 1. The molecule has 1 amide bonds. The summed E-state index contributed by atoms with van der Waals surface area (Å²) in [6, 6.07) is 10.8. The van der Waals surface area contributed by atoms with Crippen molar-refractivity contribution < 1.29 is 22.4 Å². The van der Waals surface area contributed by atoms with Gasteiger partial charge in [-0.3, -0.25) is 9.69 Å². The van der Waals surface area contributed by atoms with Crippen molar-refractivity contribution >= 4 is 29.0 Å². The quantitative estimate of drug-likeness (QED) is 0.698. The smallest absolute Gasteiger partial charge is 0.271 e. The summed E-state index contributed by atoms with van der Waals surface area (Å²) in [7, 11) is 0. The fourth-order valence-electron chi connectivity index (χ4n) is 2.32. The Bertz CT molecular complexity index is 745. The minimum absolute atomic E-state index is 0.0315. The number of carbonyl (C=O) groups excluding carboxylic acids is 1. The fraction of sp³-hybridized carbons (Fsp3) is 0.133. The van der Waals surface area contributed by atoms with Gasteiger partial charge in [0.05, 0.1) is 11.4 Å². The molecule has 0 unspecified atom stereocenters. The second kappa shape index (κ2) is 5.31. The lowest BCUT2D eigenvalue weighted by Crippen LogP contribution is -2.39. The van der Waals surface area contributed by atoms with Gasteiger partial charge in [0.15, 0.2) is 0 Å². The molecule has 0 bridgehead atoms. The van der Waals surface area contributed by atoms with Crippen LogP contribution in [0, 0.1) is 0 Å². The second-order valence-electron chi connectivity index (χ2n) is 4.61. The first kappa shape index (κ1) is 14.9. The number of hydrogen-bond acceptors (Lipinski definition) is 2. The molecule has 0 fully saturated rings. The van der Waals surface area contributed by atoms with Crippen molar-refractivity contribution in [3.8, 4) is 0 Å². The van der Waals surface area contributed by atoms with E-state index in [0.29, 0.717) is 14.7 Å². The SMILES string of the molecule is O=C(N1c2ccccc2Sc2cccc(CF)c21)C(F)(F)F. The highest BCUT2D eigenvalue weighted by Crippen LogP contribution is 2.50. The van der Waals surface area contributed by atoms with Crippen molar-refractivity contribution in [3.05, 3.63) is 48.0 Å². The maximum atomic E-state index is 13.2. The molecule has 1 aliphatic heterocycles. The minimum Gasteiger partial charge on any atom is -0.271 e. The maximum Gasteiger partial charge on any atom is 0.472 e. The molecule has 3 rings (SSSR count). The van der Waals surface area contributed by atoms with E-state index in [1.807, 2.05) is 0 Å². The van der Waals surface area contributed by atoms with Crippen molar-refractivity contribution in [2.45, 2.75) is 22.6 Å². The molecule has 0 aliphatic carbocycles. The van der Waals surface area contributed by atoms with E-state index >= 15 is 0 Å². The van der Waals surface area contributed by atoms with Gasteiger partial charge in [0.1, 0.15) is 6.67 Å². The summed E-state index contributed by atoms with van der Waals surface area (Å²) in [4.78, 5) is 13.4. The molecule has 0 N–H and O–H groups in total. The molecule has 0 atom stereocenters. The van der Waals surface area contributed by atoms with Crippen LogP contribution in [-0.4, -0.2) is 12.1 Å². The Hall–Kier alpha value is -2.02. The Labute approximate surface area is 127 Å². The van der Waals surface area contributed by atoms with Crippen LogP contribution in [0.2, 0.25) is 0 Å². The Morgan fingerprint density at radius 2 is 1.73 bits per heavy atom. The van der Waals surface area contributed by atoms with Crippen LogP contribution in [0.1, 0.15) is 5.56 Å². The van der Waals surface area contributed by atoms with Crippen molar-refractivity contribution in [3.63, 3.8) is 0 Å². The zero-order valence-corrected chi connectivity index (χ0v) is 11.8. The predicted molar refractivity (Wildman–Crippen MR) is 75.0 cm³/mol. The first-order valence-corrected chi connectivity index (χ1v) is 7.11. The van der Waals surface area contributed by atoms with Gasteiger partial charge in [-0.25, -0.2) is 4.39 Å². The van der Waals surface area contributed by atoms with Crippen LogP contribution in [-0.2, 0) is 11.5 Å². The van der Waals surface area contributed by atoms with E-state index in [0.717, 1.165) is 0 Å². The highest BCUT2D eigenvalue weighted by Gasteiger charge is 2.46. The number of alkyl halides is 4. The molecule has 2 aromatic rings. The minimum atomic E-state index is -5.05. The zero-order valence-electron chi connectivity index (χ0n) is 11.0. The number of benzene rings is 2.